The van der Waals surface area contributed by atoms with Gasteiger partial charge >= 0.3 is 0 Å². The molecule has 2 fully saturated rings. The normalized spacial score (nSPS) is 18.9. The van der Waals surface area contributed by atoms with Crippen LogP contribution in [0.1, 0.15) is 43.3 Å². The first kappa shape index (κ1) is 23.6. The Morgan fingerprint density at radius 2 is 1.92 bits per heavy atom. The highest BCUT2D eigenvalue weighted by Gasteiger charge is 2.22. The number of carbonyl (C=O) groups excluding carboxylic acids is 1. The zero-order valence-corrected chi connectivity index (χ0v) is 18.1. The smallest absolute Gasteiger partial charge is 0.222 e. The van der Waals surface area contributed by atoms with Crippen LogP contribution in [0.5, 0.6) is 0 Å². The largest absolute Gasteiger partial charge is 0.340 e. The van der Waals surface area contributed by atoms with Crippen molar-refractivity contribution < 1.29 is 4.79 Å². The molecule has 0 radical (unpaired) electrons. The quantitative estimate of drug-likeness (QED) is 0.765. The van der Waals surface area contributed by atoms with Crippen molar-refractivity contribution in [3.05, 3.63) is 16.1 Å². The molecule has 150 valence electrons. The van der Waals surface area contributed by atoms with E-state index >= 15 is 0 Å². The van der Waals surface area contributed by atoms with Gasteiger partial charge in [-0.1, -0.05) is 6.92 Å². The van der Waals surface area contributed by atoms with Gasteiger partial charge in [-0.25, -0.2) is 4.98 Å². The number of hydrogen-bond donors (Lipinski definition) is 1. The van der Waals surface area contributed by atoms with E-state index in [1.165, 1.54) is 23.5 Å². The average molecular weight is 423 g/mol. The van der Waals surface area contributed by atoms with Crippen LogP contribution in [0.3, 0.4) is 0 Å². The topological polar surface area (TPSA) is 48.5 Å². The standard InChI is InChI=1S/C18H30N4OS.2ClH/c1-2-17-20-16(14-24-17)13-21-9-11-22(12-10-21)18(23)4-3-15-5-7-19-8-6-15;;/h14-15,19H,2-13H2,1H3;2*1H. The van der Waals surface area contributed by atoms with Crippen molar-refractivity contribution in [3.8, 4) is 0 Å². The summed E-state index contributed by atoms with van der Waals surface area (Å²) < 4.78 is 0. The second-order valence-electron chi connectivity index (χ2n) is 6.98. The van der Waals surface area contributed by atoms with E-state index in [4.69, 9.17) is 0 Å². The third-order valence-electron chi connectivity index (χ3n) is 5.24. The van der Waals surface area contributed by atoms with E-state index < -0.39 is 0 Å². The molecule has 0 atom stereocenters. The lowest BCUT2D eigenvalue weighted by Gasteiger charge is -2.34. The minimum Gasteiger partial charge on any atom is -0.340 e. The van der Waals surface area contributed by atoms with Crippen LogP contribution >= 0.6 is 36.2 Å². The first-order valence-corrected chi connectivity index (χ1v) is 10.3. The monoisotopic (exact) mass is 422 g/mol. The minimum atomic E-state index is 0. The molecule has 0 aromatic carbocycles. The second-order valence-corrected chi connectivity index (χ2v) is 7.92. The Balaban J connectivity index is 0.00000169. The number of carbonyl (C=O) groups is 1. The average Bonchev–Trinajstić information content (AvgIpc) is 3.09. The van der Waals surface area contributed by atoms with Gasteiger partial charge in [0, 0.05) is 44.5 Å². The summed E-state index contributed by atoms with van der Waals surface area (Å²) in [5.41, 5.74) is 1.18. The Kier molecular flexibility index (Phi) is 11.0. The number of nitrogens with zero attached hydrogens (tertiary/aromatic N) is 3. The summed E-state index contributed by atoms with van der Waals surface area (Å²) >= 11 is 1.76. The molecule has 3 rings (SSSR count). The zero-order chi connectivity index (χ0) is 16.8. The number of piperazine rings is 1. The third kappa shape index (κ3) is 6.97. The van der Waals surface area contributed by atoms with Crippen LogP contribution in [0.2, 0.25) is 0 Å². The van der Waals surface area contributed by atoms with Crippen LogP contribution in [-0.2, 0) is 17.8 Å². The lowest BCUT2D eigenvalue weighted by Crippen LogP contribution is -2.48. The molecule has 0 bridgehead atoms. The fourth-order valence-corrected chi connectivity index (χ4v) is 4.36. The van der Waals surface area contributed by atoms with E-state index in [9.17, 15) is 4.79 Å². The molecular formula is C18H32Cl2N4OS. The van der Waals surface area contributed by atoms with Gasteiger partial charge in [-0.3, -0.25) is 9.69 Å². The molecule has 0 unspecified atom stereocenters. The lowest BCUT2D eigenvalue weighted by molar-refractivity contribution is -0.133. The molecule has 1 N–H and O–H groups in total. The van der Waals surface area contributed by atoms with Crippen molar-refractivity contribution in [3.63, 3.8) is 0 Å². The van der Waals surface area contributed by atoms with Crippen molar-refractivity contribution in [1.82, 2.24) is 20.1 Å². The molecule has 1 amide bonds. The molecule has 26 heavy (non-hydrogen) atoms. The van der Waals surface area contributed by atoms with Gasteiger partial charge in [0.15, 0.2) is 0 Å². The number of amides is 1. The maximum Gasteiger partial charge on any atom is 0.222 e. The number of hydrogen-bond acceptors (Lipinski definition) is 5. The molecular weight excluding hydrogens is 391 g/mol. The molecule has 1 aromatic rings. The van der Waals surface area contributed by atoms with E-state index in [2.05, 4.69) is 32.4 Å². The SMILES string of the molecule is CCc1nc(CN2CCN(C(=O)CCC3CCNCC3)CC2)cs1.Cl.Cl. The first-order chi connectivity index (χ1) is 11.7. The van der Waals surface area contributed by atoms with Crippen LogP contribution in [0.15, 0.2) is 5.38 Å². The van der Waals surface area contributed by atoms with Gasteiger partial charge in [0.2, 0.25) is 5.91 Å². The van der Waals surface area contributed by atoms with E-state index in [1.807, 2.05) is 0 Å². The fraction of sp³-hybridized carbons (Fsp3) is 0.778. The summed E-state index contributed by atoms with van der Waals surface area (Å²) in [7, 11) is 0. The summed E-state index contributed by atoms with van der Waals surface area (Å²) in [6.07, 6.45) is 5.28. The molecule has 3 heterocycles. The van der Waals surface area contributed by atoms with Gasteiger partial charge in [-0.2, -0.15) is 0 Å². The van der Waals surface area contributed by atoms with Crippen LogP contribution in [0, 0.1) is 5.92 Å². The fourth-order valence-electron chi connectivity index (χ4n) is 3.62. The Hall–Kier alpha value is -0.400. The Morgan fingerprint density at radius 3 is 2.54 bits per heavy atom. The van der Waals surface area contributed by atoms with E-state index in [-0.39, 0.29) is 24.8 Å². The number of aryl methyl sites for hydroxylation is 1. The lowest BCUT2D eigenvalue weighted by atomic mass is 9.93. The van der Waals surface area contributed by atoms with E-state index in [1.54, 1.807) is 11.3 Å². The summed E-state index contributed by atoms with van der Waals surface area (Å²) in [6, 6.07) is 0. The van der Waals surface area contributed by atoms with Gasteiger partial charge in [-0.05, 0) is 44.7 Å². The molecule has 2 aliphatic heterocycles. The first-order valence-electron chi connectivity index (χ1n) is 9.38. The molecule has 2 aliphatic rings. The number of aromatic nitrogens is 1. The number of piperidine rings is 1. The maximum atomic E-state index is 12.4. The highest BCUT2D eigenvalue weighted by atomic mass is 35.5. The number of rotatable bonds is 6. The number of halogens is 2. The van der Waals surface area contributed by atoms with Crippen molar-refractivity contribution in [1.29, 1.82) is 0 Å². The molecule has 8 heteroatoms. The van der Waals surface area contributed by atoms with Crippen molar-refractivity contribution in [2.75, 3.05) is 39.3 Å². The Bertz CT molecular complexity index is 529. The second kappa shape index (κ2) is 12.1. The van der Waals surface area contributed by atoms with Gasteiger partial charge in [0.25, 0.3) is 0 Å². The van der Waals surface area contributed by atoms with Crippen molar-refractivity contribution >= 4 is 42.1 Å². The van der Waals surface area contributed by atoms with Gasteiger partial charge in [0.05, 0.1) is 10.7 Å². The van der Waals surface area contributed by atoms with Crippen molar-refractivity contribution in [2.45, 2.75) is 45.6 Å². The van der Waals surface area contributed by atoms with Crippen LogP contribution in [0.25, 0.3) is 0 Å². The highest BCUT2D eigenvalue weighted by molar-refractivity contribution is 7.09. The van der Waals surface area contributed by atoms with Crippen LogP contribution in [-0.4, -0.2) is 60.0 Å². The summed E-state index contributed by atoms with van der Waals surface area (Å²) in [4.78, 5) is 21.6. The predicted molar refractivity (Wildman–Crippen MR) is 113 cm³/mol. The summed E-state index contributed by atoms with van der Waals surface area (Å²) in [5, 5.41) is 6.79. The van der Waals surface area contributed by atoms with Crippen LogP contribution < -0.4 is 5.32 Å². The molecule has 0 saturated carbocycles. The van der Waals surface area contributed by atoms with Gasteiger partial charge < -0.3 is 10.2 Å². The zero-order valence-electron chi connectivity index (χ0n) is 15.6. The number of nitrogens with one attached hydrogen (secondary N) is 1. The summed E-state index contributed by atoms with van der Waals surface area (Å²) in [5.74, 6) is 1.10. The molecule has 1 aromatic heterocycles. The van der Waals surface area contributed by atoms with Gasteiger partial charge in [-0.15, -0.1) is 36.2 Å². The maximum absolute atomic E-state index is 12.4. The molecule has 2 saturated heterocycles. The summed E-state index contributed by atoms with van der Waals surface area (Å²) in [6.45, 7) is 8.99. The highest BCUT2D eigenvalue weighted by Crippen LogP contribution is 2.19. The van der Waals surface area contributed by atoms with E-state index in [0.29, 0.717) is 5.91 Å². The van der Waals surface area contributed by atoms with E-state index in [0.717, 1.165) is 71.0 Å². The molecule has 0 spiro atoms. The van der Waals surface area contributed by atoms with Gasteiger partial charge in [0.1, 0.15) is 0 Å². The third-order valence-corrected chi connectivity index (χ3v) is 6.28. The van der Waals surface area contributed by atoms with Crippen molar-refractivity contribution in [2.24, 2.45) is 5.92 Å². The molecule has 5 nitrogen and oxygen atoms in total. The van der Waals surface area contributed by atoms with Crippen LogP contribution in [0.4, 0.5) is 0 Å². The minimum absolute atomic E-state index is 0. The predicted octanol–water partition coefficient (Wildman–Crippen LogP) is 2.97. The molecule has 0 aliphatic carbocycles. The Morgan fingerprint density at radius 1 is 1.23 bits per heavy atom. The Labute approximate surface area is 173 Å². The number of thiazole rings is 1.